The maximum atomic E-state index is 13.5. The second kappa shape index (κ2) is 8.48. The van der Waals surface area contributed by atoms with Gasteiger partial charge in [0.15, 0.2) is 5.78 Å². The molecule has 7 heteroatoms. The number of ether oxygens (including phenoxy) is 1. The number of hydrogen-bond donors (Lipinski definition) is 1. The first-order valence-corrected chi connectivity index (χ1v) is 9.28. The van der Waals surface area contributed by atoms with E-state index in [4.69, 9.17) is 4.74 Å². The summed E-state index contributed by atoms with van der Waals surface area (Å²) in [5.41, 5.74) is 0.214. The van der Waals surface area contributed by atoms with E-state index in [2.05, 4.69) is 5.32 Å². The highest BCUT2D eigenvalue weighted by Gasteiger charge is 2.39. The van der Waals surface area contributed by atoms with Crippen molar-refractivity contribution in [2.45, 2.75) is 32.4 Å². The first-order valence-electron chi connectivity index (χ1n) is 9.28. The molecule has 0 spiro atoms. The Labute approximate surface area is 162 Å². The molecule has 0 saturated heterocycles. The molecular weight excluding hydrogens is 363 g/mol. The molecule has 3 rings (SSSR count). The van der Waals surface area contributed by atoms with Crippen molar-refractivity contribution in [3.8, 4) is 0 Å². The number of halogens is 1. The Morgan fingerprint density at radius 1 is 1.32 bits per heavy atom. The van der Waals surface area contributed by atoms with Gasteiger partial charge in [-0.25, -0.2) is 4.39 Å². The van der Waals surface area contributed by atoms with E-state index in [1.54, 1.807) is 12.1 Å². The van der Waals surface area contributed by atoms with E-state index in [0.29, 0.717) is 18.6 Å². The zero-order chi connectivity index (χ0) is 20.3. The van der Waals surface area contributed by atoms with Crippen molar-refractivity contribution in [1.82, 2.24) is 9.88 Å². The molecule has 2 atom stereocenters. The van der Waals surface area contributed by atoms with Gasteiger partial charge in [-0.2, -0.15) is 0 Å². The molecule has 1 aromatic carbocycles. The third-order valence-electron chi connectivity index (χ3n) is 4.81. The summed E-state index contributed by atoms with van der Waals surface area (Å²) in [4.78, 5) is 37.5. The van der Waals surface area contributed by atoms with Gasteiger partial charge < -0.3 is 14.6 Å². The van der Waals surface area contributed by atoms with Crippen molar-refractivity contribution in [2.24, 2.45) is 5.92 Å². The molecule has 1 heterocycles. The zero-order valence-corrected chi connectivity index (χ0v) is 15.9. The number of hydrogen-bond acceptors (Lipinski definition) is 4. The summed E-state index contributed by atoms with van der Waals surface area (Å²) in [5.74, 6) is -0.962. The number of carbonyl (C=O) groups excluding carboxylic acids is 2. The number of ketones is 1. The van der Waals surface area contributed by atoms with Crippen LogP contribution in [0.4, 0.5) is 4.39 Å². The average Bonchev–Trinajstić information content (AvgIpc) is 3.40. The number of amides is 1. The van der Waals surface area contributed by atoms with Crippen LogP contribution in [-0.4, -0.2) is 36.0 Å². The molecule has 1 amide bonds. The Balaban J connectivity index is 1.90. The average molecular weight is 386 g/mol. The second-order valence-corrected chi connectivity index (χ2v) is 6.90. The highest BCUT2D eigenvalue weighted by atomic mass is 19.1. The van der Waals surface area contributed by atoms with Crippen LogP contribution in [0.25, 0.3) is 0 Å². The van der Waals surface area contributed by atoms with Crippen molar-refractivity contribution in [3.63, 3.8) is 0 Å². The maximum absolute atomic E-state index is 13.5. The van der Waals surface area contributed by atoms with Crippen molar-refractivity contribution >= 4 is 11.7 Å². The minimum Gasteiger partial charge on any atom is -0.378 e. The highest BCUT2D eigenvalue weighted by molar-refractivity contribution is 6.00. The quantitative estimate of drug-likeness (QED) is 0.707. The molecule has 1 aliphatic carbocycles. The fourth-order valence-corrected chi connectivity index (χ4v) is 3.24. The molecule has 1 saturated carbocycles. The summed E-state index contributed by atoms with van der Waals surface area (Å²) in [6, 6.07) is 7.19. The summed E-state index contributed by atoms with van der Waals surface area (Å²) in [5, 5.41) is 2.42. The van der Waals surface area contributed by atoms with Crippen LogP contribution in [0.15, 0.2) is 41.3 Å². The lowest BCUT2D eigenvalue weighted by molar-refractivity contribution is 0.0931. The standard InChI is InChI=1S/C21H23FN2O4/c1-3-28-19-10-14(19)9-18(25)15-8-17(20(26)23-2)21(27)24(12-15)11-13-5-4-6-16(22)7-13/h4-8,12,14,19H,3,9-11H2,1-2H3,(H,23,26)/t14-,19+/m1/s1. The van der Waals surface area contributed by atoms with Gasteiger partial charge in [-0.1, -0.05) is 12.1 Å². The monoisotopic (exact) mass is 386 g/mol. The first-order chi connectivity index (χ1) is 13.4. The van der Waals surface area contributed by atoms with E-state index < -0.39 is 17.3 Å². The Kier molecular flexibility index (Phi) is 6.04. The van der Waals surface area contributed by atoms with Gasteiger partial charge in [0.25, 0.3) is 11.5 Å². The smallest absolute Gasteiger partial charge is 0.263 e. The lowest BCUT2D eigenvalue weighted by Gasteiger charge is -2.11. The summed E-state index contributed by atoms with van der Waals surface area (Å²) in [6.07, 6.45) is 2.69. The minimum absolute atomic E-state index is 0.0622. The number of Topliss-reactive ketones (excluding diaryl/α,β-unsaturated/α-hetero) is 1. The second-order valence-electron chi connectivity index (χ2n) is 6.90. The molecule has 28 heavy (non-hydrogen) atoms. The molecule has 6 nitrogen and oxygen atoms in total. The summed E-state index contributed by atoms with van der Waals surface area (Å²) >= 11 is 0. The predicted octanol–water partition coefficient (Wildman–Crippen LogP) is 2.39. The molecule has 1 fully saturated rings. The van der Waals surface area contributed by atoms with Gasteiger partial charge in [0.1, 0.15) is 11.4 Å². The Hall–Kier alpha value is -2.80. The van der Waals surface area contributed by atoms with E-state index in [1.807, 2.05) is 6.92 Å². The molecule has 0 unspecified atom stereocenters. The van der Waals surface area contributed by atoms with E-state index in [9.17, 15) is 18.8 Å². The van der Waals surface area contributed by atoms with Crippen molar-refractivity contribution < 1.29 is 18.7 Å². The minimum atomic E-state index is -0.564. The number of benzene rings is 1. The van der Waals surface area contributed by atoms with Crippen LogP contribution in [0, 0.1) is 11.7 Å². The molecule has 148 valence electrons. The number of rotatable bonds is 8. The van der Waals surface area contributed by atoms with Gasteiger partial charge in [0.2, 0.25) is 0 Å². The third-order valence-corrected chi connectivity index (χ3v) is 4.81. The molecular formula is C21H23FN2O4. The number of nitrogens with zero attached hydrogens (tertiary/aromatic N) is 1. The maximum Gasteiger partial charge on any atom is 0.263 e. The van der Waals surface area contributed by atoms with Crippen LogP contribution in [0.2, 0.25) is 0 Å². The number of nitrogens with one attached hydrogen (secondary N) is 1. The molecule has 1 N–H and O–H groups in total. The fraction of sp³-hybridized carbons (Fsp3) is 0.381. The topological polar surface area (TPSA) is 77.4 Å². The first kappa shape index (κ1) is 19.9. The van der Waals surface area contributed by atoms with Gasteiger partial charge in [-0.3, -0.25) is 14.4 Å². The summed E-state index contributed by atoms with van der Waals surface area (Å²) < 4.78 is 20.3. The van der Waals surface area contributed by atoms with Crippen molar-refractivity contribution in [1.29, 1.82) is 0 Å². The van der Waals surface area contributed by atoms with Crippen molar-refractivity contribution in [2.75, 3.05) is 13.7 Å². The highest BCUT2D eigenvalue weighted by Crippen LogP contribution is 2.37. The molecule has 2 aromatic rings. The lowest BCUT2D eigenvalue weighted by atomic mass is 10.0. The van der Waals surface area contributed by atoms with E-state index in [0.717, 1.165) is 6.42 Å². The van der Waals surface area contributed by atoms with Crippen LogP contribution < -0.4 is 10.9 Å². The van der Waals surface area contributed by atoms with Crippen molar-refractivity contribution in [3.05, 3.63) is 69.4 Å². The summed E-state index contributed by atoms with van der Waals surface area (Å²) in [6.45, 7) is 2.58. The number of aromatic nitrogens is 1. The Morgan fingerprint density at radius 3 is 2.79 bits per heavy atom. The number of pyridine rings is 1. The van der Waals surface area contributed by atoms with Crippen LogP contribution in [0.5, 0.6) is 0 Å². The molecule has 1 aliphatic rings. The normalized spacial score (nSPS) is 18.0. The van der Waals surface area contributed by atoms with Gasteiger partial charge in [0.05, 0.1) is 12.6 Å². The van der Waals surface area contributed by atoms with E-state index in [1.165, 1.54) is 36.0 Å². The van der Waals surface area contributed by atoms with Crippen LogP contribution in [0.1, 0.15) is 46.0 Å². The van der Waals surface area contributed by atoms with E-state index in [-0.39, 0.29) is 35.5 Å². The predicted molar refractivity (Wildman–Crippen MR) is 102 cm³/mol. The molecule has 1 aromatic heterocycles. The fourth-order valence-electron chi connectivity index (χ4n) is 3.24. The van der Waals surface area contributed by atoms with E-state index >= 15 is 0 Å². The van der Waals surface area contributed by atoms with Gasteiger partial charge >= 0.3 is 0 Å². The van der Waals surface area contributed by atoms with Gasteiger partial charge in [-0.05, 0) is 43.0 Å². The van der Waals surface area contributed by atoms with Crippen LogP contribution >= 0.6 is 0 Å². The molecule has 0 radical (unpaired) electrons. The van der Waals surface area contributed by atoms with Gasteiger partial charge in [0, 0.05) is 31.8 Å². The van der Waals surface area contributed by atoms with Crippen LogP contribution in [-0.2, 0) is 11.3 Å². The third kappa shape index (κ3) is 4.54. The molecule has 0 bridgehead atoms. The SMILES string of the molecule is CCO[C@H]1C[C@H]1CC(=O)c1cc(C(=O)NC)c(=O)n(Cc2cccc(F)c2)c1. The van der Waals surface area contributed by atoms with Crippen LogP contribution in [0.3, 0.4) is 0 Å². The summed E-state index contributed by atoms with van der Waals surface area (Å²) in [7, 11) is 1.42. The Morgan fingerprint density at radius 2 is 2.11 bits per heavy atom. The molecule has 0 aliphatic heterocycles. The number of carbonyl (C=O) groups is 2. The lowest BCUT2D eigenvalue weighted by Crippen LogP contribution is -2.32. The van der Waals surface area contributed by atoms with Gasteiger partial charge in [-0.15, -0.1) is 0 Å². The zero-order valence-electron chi connectivity index (χ0n) is 15.9. The Bertz CT molecular complexity index is 954. The largest absolute Gasteiger partial charge is 0.378 e.